The number of carbonyl (C=O) groups is 2. The highest BCUT2D eigenvalue weighted by Crippen LogP contribution is 2.38. The number of amides is 1. The van der Waals surface area contributed by atoms with Crippen molar-refractivity contribution in [3.63, 3.8) is 0 Å². The zero-order valence-corrected chi connectivity index (χ0v) is 14.3. The maximum atomic E-state index is 12.2. The molecule has 0 saturated heterocycles. The van der Waals surface area contributed by atoms with Crippen LogP contribution in [0.4, 0.5) is 0 Å². The van der Waals surface area contributed by atoms with E-state index in [0.29, 0.717) is 17.2 Å². The third kappa shape index (κ3) is 4.77. The maximum absolute atomic E-state index is 12.2. The fraction of sp³-hybridized carbons (Fsp3) is 0.500. The number of methoxy groups -OCH3 is 3. The molecule has 1 rings (SSSR count). The molecular weight excluding hydrogens is 302 g/mol. The molecule has 1 atom stereocenters. The fourth-order valence-corrected chi connectivity index (χ4v) is 1.88. The molecule has 0 radical (unpaired) electrons. The lowest BCUT2D eigenvalue weighted by Gasteiger charge is -2.17. The summed E-state index contributed by atoms with van der Waals surface area (Å²) >= 11 is 0. The van der Waals surface area contributed by atoms with Crippen molar-refractivity contribution >= 4 is 11.9 Å². The lowest BCUT2D eigenvalue weighted by Crippen LogP contribution is -2.39. The molecule has 1 aromatic carbocycles. The molecule has 0 aliphatic heterocycles. The molecule has 0 unspecified atom stereocenters. The van der Waals surface area contributed by atoms with Crippen LogP contribution < -0.4 is 19.5 Å². The van der Waals surface area contributed by atoms with Crippen LogP contribution in [-0.2, 0) is 9.53 Å². The molecule has 1 aromatic rings. The Bertz CT molecular complexity index is 545. The zero-order valence-electron chi connectivity index (χ0n) is 14.3. The van der Waals surface area contributed by atoms with Crippen LogP contribution in [0.1, 0.15) is 31.1 Å². The van der Waals surface area contributed by atoms with E-state index in [-0.39, 0.29) is 17.5 Å². The van der Waals surface area contributed by atoms with Gasteiger partial charge in [0.1, 0.15) is 0 Å². The molecule has 0 aromatic heterocycles. The van der Waals surface area contributed by atoms with Crippen molar-refractivity contribution in [3.8, 4) is 17.2 Å². The number of rotatable bonds is 7. The lowest BCUT2D eigenvalue weighted by molar-refractivity contribution is -0.129. The highest BCUT2D eigenvalue weighted by atomic mass is 16.5. The number of nitrogens with one attached hydrogen (secondary N) is 1. The average Bonchev–Trinajstić information content (AvgIpc) is 2.52. The van der Waals surface area contributed by atoms with E-state index >= 15 is 0 Å². The highest BCUT2D eigenvalue weighted by Gasteiger charge is 2.22. The molecule has 1 N–H and O–H groups in total. The summed E-state index contributed by atoms with van der Waals surface area (Å²) in [4.78, 5) is 24.0. The third-order valence-corrected chi connectivity index (χ3v) is 2.98. The number of ether oxygens (including phenoxy) is 4. The molecule has 0 aliphatic rings. The van der Waals surface area contributed by atoms with Crippen LogP contribution >= 0.6 is 0 Å². The van der Waals surface area contributed by atoms with Crippen molar-refractivity contribution in [3.05, 3.63) is 17.7 Å². The first-order valence-corrected chi connectivity index (χ1v) is 7.15. The molecule has 7 nitrogen and oxygen atoms in total. The van der Waals surface area contributed by atoms with E-state index < -0.39 is 12.1 Å². The summed E-state index contributed by atoms with van der Waals surface area (Å²) in [5.41, 5.74) is 0.198. The second-order valence-corrected chi connectivity index (χ2v) is 5.12. The topological polar surface area (TPSA) is 83.1 Å². The first-order chi connectivity index (χ1) is 10.8. The molecule has 0 bridgehead atoms. The normalized spacial score (nSPS) is 11.6. The number of hydrogen-bond acceptors (Lipinski definition) is 6. The van der Waals surface area contributed by atoms with Gasteiger partial charge < -0.3 is 24.3 Å². The first-order valence-electron chi connectivity index (χ1n) is 7.15. The van der Waals surface area contributed by atoms with E-state index in [1.165, 1.54) is 40.4 Å². The molecule has 0 heterocycles. The van der Waals surface area contributed by atoms with Crippen LogP contribution in [0.2, 0.25) is 0 Å². The summed E-state index contributed by atoms with van der Waals surface area (Å²) in [5.74, 6) is 0.0183. The molecule has 1 amide bonds. The van der Waals surface area contributed by atoms with Crippen LogP contribution in [0.3, 0.4) is 0 Å². The summed E-state index contributed by atoms with van der Waals surface area (Å²) in [7, 11) is 4.37. The summed E-state index contributed by atoms with van der Waals surface area (Å²) in [6.45, 7) is 5.16. The van der Waals surface area contributed by atoms with E-state index in [9.17, 15) is 9.59 Å². The Morgan fingerprint density at radius 3 is 1.87 bits per heavy atom. The smallest absolute Gasteiger partial charge is 0.339 e. The Morgan fingerprint density at radius 2 is 1.48 bits per heavy atom. The Morgan fingerprint density at radius 1 is 0.957 bits per heavy atom. The minimum atomic E-state index is -0.913. The molecule has 0 fully saturated rings. The van der Waals surface area contributed by atoms with Crippen LogP contribution in [0, 0.1) is 0 Å². The van der Waals surface area contributed by atoms with E-state index in [1.54, 1.807) is 0 Å². The van der Waals surface area contributed by atoms with Crippen molar-refractivity contribution in [1.82, 2.24) is 5.32 Å². The van der Waals surface area contributed by atoms with Gasteiger partial charge in [-0.1, -0.05) is 0 Å². The highest BCUT2D eigenvalue weighted by molar-refractivity contribution is 5.93. The van der Waals surface area contributed by atoms with Gasteiger partial charge >= 0.3 is 5.97 Å². The maximum Gasteiger partial charge on any atom is 0.339 e. The van der Waals surface area contributed by atoms with Crippen LogP contribution in [0.15, 0.2) is 12.1 Å². The van der Waals surface area contributed by atoms with Crippen molar-refractivity contribution in [2.45, 2.75) is 32.9 Å². The van der Waals surface area contributed by atoms with Crippen molar-refractivity contribution in [2.24, 2.45) is 0 Å². The molecule has 7 heteroatoms. The van der Waals surface area contributed by atoms with Gasteiger partial charge in [-0.3, -0.25) is 4.79 Å². The first kappa shape index (κ1) is 18.6. The van der Waals surface area contributed by atoms with Gasteiger partial charge in [-0.15, -0.1) is 0 Å². The van der Waals surface area contributed by atoms with Crippen molar-refractivity contribution in [2.75, 3.05) is 21.3 Å². The van der Waals surface area contributed by atoms with Crippen molar-refractivity contribution < 1.29 is 28.5 Å². The largest absolute Gasteiger partial charge is 0.493 e. The van der Waals surface area contributed by atoms with E-state index in [4.69, 9.17) is 18.9 Å². The van der Waals surface area contributed by atoms with Gasteiger partial charge in [0.25, 0.3) is 5.91 Å². The number of esters is 1. The van der Waals surface area contributed by atoms with Crippen LogP contribution in [0.25, 0.3) is 0 Å². The van der Waals surface area contributed by atoms with Gasteiger partial charge in [0.2, 0.25) is 5.75 Å². The SMILES string of the molecule is COc1cc(C(=O)O[C@@H](C)C(=O)NC(C)C)cc(OC)c1OC. The minimum Gasteiger partial charge on any atom is -0.493 e. The van der Waals surface area contributed by atoms with Crippen LogP contribution in [-0.4, -0.2) is 45.4 Å². The van der Waals surface area contributed by atoms with E-state index in [0.717, 1.165) is 0 Å². The Hall–Kier alpha value is -2.44. The Balaban J connectivity index is 2.98. The number of carbonyl (C=O) groups excluding carboxylic acids is 2. The second-order valence-electron chi connectivity index (χ2n) is 5.12. The summed E-state index contributed by atoms with van der Waals surface area (Å²) in [6.07, 6.45) is -0.913. The van der Waals surface area contributed by atoms with Gasteiger partial charge in [0.05, 0.1) is 26.9 Å². The van der Waals surface area contributed by atoms with Gasteiger partial charge in [0, 0.05) is 6.04 Å². The van der Waals surface area contributed by atoms with E-state index in [2.05, 4.69) is 5.32 Å². The standard InChI is InChI=1S/C16H23NO6/c1-9(2)17-15(18)10(3)23-16(19)11-7-12(20-4)14(22-6)13(8-11)21-5/h7-10H,1-6H3,(H,17,18)/t10-/m0/s1. The summed E-state index contributed by atoms with van der Waals surface area (Å²) in [6, 6.07) is 2.90. The molecular formula is C16H23NO6. The Labute approximate surface area is 135 Å². The quantitative estimate of drug-likeness (QED) is 0.770. The predicted molar refractivity (Wildman–Crippen MR) is 84.3 cm³/mol. The van der Waals surface area contributed by atoms with Gasteiger partial charge in [0.15, 0.2) is 17.6 Å². The molecule has 0 saturated carbocycles. The van der Waals surface area contributed by atoms with Crippen molar-refractivity contribution in [1.29, 1.82) is 0 Å². The third-order valence-electron chi connectivity index (χ3n) is 2.98. The number of hydrogen-bond donors (Lipinski definition) is 1. The zero-order chi connectivity index (χ0) is 17.6. The fourth-order valence-electron chi connectivity index (χ4n) is 1.88. The van der Waals surface area contributed by atoms with Crippen LogP contribution in [0.5, 0.6) is 17.2 Å². The van der Waals surface area contributed by atoms with Gasteiger partial charge in [-0.2, -0.15) is 0 Å². The molecule has 0 spiro atoms. The van der Waals surface area contributed by atoms with Gasteiger partial charge in [-0.05, 0) is 32.9 Å². The molecule has 128 valence electrons. The van der Waals surface area contributed by atoms with Gasteiger partial charge in [-0.25, -0.2) is 4.79 Å². The average molecular weight is 325 g/mol. The number of benzene rings is 1. The summed E-state index contributed by atoms with van der Waals surface area (Å²) in [5, 5.41) is 2.68. The predicted octanol–water partition coefficient (Wildman–Crippen LogP) is 1.78. The summed E-state index contributed by atoms with van der Waals surface area (Å²) < 4.78 is 20.7. The molecule has 0 aliphatic carbocycles. The molecule has 23 heavy (non-hydrogen) atoms. The Kier molecular flexibility index (Phi) is 6.68. The monoisotopic (exact) mass is 325 g/mol. The van der Waals surface area contributed by atoms with E-state index in [1.807, 2.05) is 13.8 Å². The minimum absolute atomic E-state index is 0.0372. The lowest BCUT2D eigenvalue weighted by atomic mass is 10.2. The second kappa shape index (κ2) is 8.26.